The predicted octanol–water partition coefficient (Wildman–Crippen LogP) is 4.72. The Hall–Kier alpha value is -2.56. The van der Waals surface area contributed by atoms with Gasteiger partial charge in [-0.3, -0.25) is 0 Å². The average Bonchev–Trinajstić information content (AvgIpc) is 3.05. The Morgan fingerprint density at radius 3 is 2.40 bits per heavy atom. The Morgan fingerprint density at radius 1 is 1.08 bits per heavy atom. The van der Waals surface area contributed by atoms with E-state index in [2.05, 4.69) is 24.0 Å². The normalized spacial score (nSPS) is 12.4. The lowest BCUT2D eigenvalue weighted by Crippen LogP contribution is -2.11. The first-order valence-electron chi connectivity index (χ1n) is 8.99. The third-order valence-corrected chi connectivity index (χ3v) is 4.48. The van der Waals surface area contributed by atoms with E-state index >= 15 is 0 Å². The summed E-state index contributed by atoms with van der Waals surface area (Å²) in [5.41, 5.74) is 2.13. The smallest absolute Gasteiger partial charge is 0.146 e. The Kier molecular flexibility index (Phi) is 5.53. The summed E-state index contributed by atoms with van der Waals surface area (Å²) in [5.74, 6) is 1.34. The van der Waals surface area contributed by atoms with Crippen molar-refractivity contribution in [3.05, 3.63) is 42.5 Å². The van der Waals surface area contributed by atoms with Crippen LogP contribution in [-0.4, -0.2) is 26.7 Å². The Labute approximate surface area is 148 Å². The van der Waals surface area contributed by atoms with E-state index in [9.17, 15) is 5.11 Å². The SMILES string of the molecule is CCCC[C@H](CC)COc1ccc(-n2nc3ccccc3n2)c(O)c1. The van der Waals surface area contributed by atoms with E-state index < -0.39 is 0 Å². The van der Waals surface area contributed by atoms with Crippen molar-refractivity contribution in [1.29, 1.82) is 0 Å². The lowest BCUT2D eigenvalue weighted by molar-refractivity contribution is 0.232. The molecule has 5 heteroatoms. The summed E-state index contributed by atoms with van der Waals surface area (Å²) >= 11 is 0. The maximum atomic E-state index is 10.4. The number of fused-ring (bicyclic) bond motifs is 1. The average molecular weight is 339 g/mol. The van der Waals surface area contributed by atoms with Crippen LogP contribution in [0.1, 0.15) is 39.5 Å². The summed E-state index contributed by atoms with van der Waals surface area (Å²) in [6.45, 7) is 5.08. The first-order valence-corrected chi connectivity index (χ1v) is 8.99. The third kappa shape index (κ3) is 4.10. The van der Waals surface area contributed by atoms with Gasteiger partial charge in [0.1, 0.15) is 28.2 Å². The summed E-state index contributed by atoms with van der Waals surface area (Å²) < 4.78 is 5.88. The minimum absolute atomic E-state index is 0.111. The van der Waals surface area contributed by atoms with Crippen LogP contribution in [0.3, 0.4) is 0 Å². The number of benzene rings is 2. The van der Waals surface area contributed by atoms with Gasteiger partial charge >= 0.3 is 0 Å². The van der Waals surface area contributed by atoms with Crippen LogP contribution in [0.4, 0.5) is 0 Å². The van der Waals surface area contributed by atoms with Gasteiger partial charge in [0, 0.05) is 6.07 Å². The number of phenols is 1. The second-order valence-electron chi connectivity index (χ2n) is 6.36. The van der Waals surface area contributed by atoms with Crippen molar-refractivity contribution in [3.63, 3.8) is 0 Å². The van der Waals surface area contributed by atoms with Gasteiger partial charge in [0.15, 0.2) is 0 Å². The fourth-order valence-electron chi connectivity index (χ4n) is 2.84. The molecule has 1 atom stereocenters. The van der Waals surface area contributed by atoms with Gasteiger partial charge in [0.25, 0.3) is 0 Å². The van der Waals surface area contributed by atoms with Crippen molar-refractivity contribution in [2.75, 3.05) is 6.61 Å². The molecule has 0 unspecified atom stereocenters. The van der Waals surface area contributed by atoms with Gasteiger partial charge in [-0.05, 0) is 36.6 Å². The summed E-state index contributed by atoms with van der Waals surface area (Å²) in [4.78, 5) is 1.46. The van der Waals surface area contributed by atoms with Crippen LogP contribution in [0.5, 0.6) is 11.5 Å². The lowest BCUT2D eigenvalue weighted by atomic mass is 10.0. The first kappa shape index (κ1) is 17.3. The van der Waals surface area contributed by atoms with E-state index in [1.807, 2.05) is 30.3 Å². The molecule has 1 aromatic heterocycles. The zero-order chi connectivity index (χ0) is 17.6. The van der Waals surface area contributed by atoms with Gasteiger partial charge in [-0.25, -0.2) is 0 Å². The van der Waals surface area contributed by atoms with Gasteiger partial charge in [-0.2, -0.15) is 0 Å². The highest BCUT2D eigenvalue weighted by Crippen LogP contribution is 2.27. The lowest BCUT2D eigenvalue weighted by Gasteiger charge is -2.16. The molecule has 0 amide bonds. The molecule has 0 radical (unpaired) electrons. The molecule has 132 valence electrons. The molecule has 2 aromatic carbocycles. The largest absolute Gasteiger partial charge is 0.505 e. The zero-order valence-electron chi connectivity index (χ0n) is 14.9. The van der Waals surface area contributed by atoms with Gasteiger partial charge < -0.3 is 9.84 Å². The highest BCUT2D eigenvalue weighted by Gasteiger charge is 2.11. The Bertz CT molecular complexity index is 796. The van der Waals surface area contributed by atoms with Crippen LogP contribution in [0, 0.1) is 5.92 Å². The molecule has 0 bridgehead atoms. The first-order chi connectivity index (χ1) is 12.2. The Morgan fingerprint density at radius 2 is 1.80 bits per heavy atom. The fourth-order valence-corrected chi connectivity index (χ4v) is 2.84. The number of nitrogens with zero attached hydrogens (tertiary/aromatic N) is 3. The molecule has 0 fully saturated rings. The van der Waals surface area contributed by atoms with Gasteiger partial charge in [-0.15, -0.1) is 15.0 Å². The van der Waals surface area contributed by atoms with Crippen molar-refractivity contribution in [1.82, 2.24) is 15.0 Å². The maximum Gasteiger partial charge on any atom is 0.146 e. The maximum absolute atomic E-state index is 10.4. The van der Waals surface area contributed by atoms with Crippen molar-refractivity contribution in [2.45, 2.75) is 39.5 Å². The topological polar surface area (TPSA) is 60.2 Å². The number of aromatic nitrogens is 3. The van der Waals surface area contributed by atoms with Crippen molar-refractivity contribution < 1.29 is 9.84 Å². The molecular weight excluding hydrogens is 314 g/mol. The molecule has 1 heterocycles. The van der Waals surface area contributed by atoms with E-state index in [1.165, 1.54) is 24.1 Å². The van der Waals surface area contributed by atoms with Crippen LogP contribution >= 0.6 is 0 Å². The summed E-state index contributed by atoms with van der Waals surface area (Å²) in [7, 11) is 0. The van der Waals surface area contributed by atoms with Crippen LogP contribution in [-0.2, 0) is 0 Å². The highest BCUT2D eigenvalue weighted by atomic mass is 16.5. The van der Waals surface area contributed by atoms with Crippen LogP contribution in [0.25, 0.3) is 16.7 Å². The van der Waals surface area contributed by atoms with Crippen molar-refractivity contribution >= 4 is 11.0 Å². The molecular formula is C20H25N3O2. The zero-order valence-corrected chi connectivity index (χ0v) is 14.9. The quantitative estimate of drug-likeness (QED) is 0.645. The minimum atomic E-state index is 0.111. The Balaban J connectivity index is 1.72. The third-order valence-electron chi connectivity index (χ3n) is 4.48. The molecule has 3 rings (SSSR count). The van der Waals surface area contributed by atoms with Crippen LogP contribution in [0.15, 0.2) is 42.5 Å². The van der Waals surface area contributed by atoms with E-state index in [1.54, 1.807) is 12.1 Å². The number of rotatable bonds is 8. The summed E-state index contributed by atoms with van der Waals surface area (Å²) in [6.07, 6.45) is 4.72. The molecule has 25 heavy (non-hydrogen) atoms. The van der Waals surface area contributed by atoms with Gasteiger partial charge in [0.05, 0.1) is 6.61 Å². The number of hydrogen-bond acceptors (Lipinski definition) is 4. The monoisotopic (exact) mass is 339 g/mol. The molecule has 1 N–H and O–H groups in total. The number of unbranched alkanes of at least 4 members (excludes halogenated alkanes) is 1. The van der Waals surface area contributed by atoms with E-state index in [4.69, 9.17) is 4.74 Å². The fraction of sp³-hybridized carbons (Fsp3) is 0.400. The van der Waals surface area contributed by atoms with Gasteiger partial charge in [-0.1, -0.05) is 45.2 Å². The minimum Gasteiger partial charge on any atom is -0.505 e. The number of hydrogen-bond donors (Lipinski definition) is 1. The second-order valence-corrected chi connectivity index (χ2v) is 6.36. The standard InChI is InChI=1S/C20H25N3O2/c1-3-5-8-15(4-2)14-25-16-11-12-19(20(24)13-16)23-21-17-9-6-7-10-18(17)22-23/h6-7,9-13,15,24H,3-5,8,14H2,1-2H3/t15-/m0/s1. The van der Waals surface area contributed by atoms with Gasteiger partial charge in [0.2, 0.25) is 0 Å². The number of phenolic OH excluding ortho intramolecular Hbond substituents is 1. The molecule has 0 aliphatic carbocycles. The molecule has 3 aromatic rings. The van der Waals surface area contributed by atoms with Crippen molar-refractivity contribution in [2.24, 2.45) is 5.92 Å². The second kappa shape index (κ2) is 8.01. The number of aromatic hydroxyl groups is 1. The van der Waals surface area contributed by atoms with E-state index in [0.29, 0.717) is 24.0 Å². The summed E-state index contributed by atoms with van der Waals surface area (Å²) in [5, 5.41) is 19.2. The molecule has 0 spiro atoms. The molecule has 5 nitrogen and oxygen atoms in total. The predicted molar refractivity (Wildman–Crippen MR) is 99.3 cm³/mol. The number of ether oxygens (including phenoxy) is 1. The van der Waals surface area contributed by atoms with E-state index in [-0.39, 0.29) is 5.75 Å². The van der Waals surface area contributed by atoms with Crippen LogP contribution in [0.2, 0.25) is 0 Å². The summed E-state index contributed by atoms with van der Waals surface area (Å²) in [6, 6.07) is 12.9. The molecule has 0 aliphatic heterocycles. The molecule has 0 saturated carbocycles. The van der Waals surface area contributed by atoms with E-state index in [0.717, 1.165) is 17.5 Å². The highest BCUT2D eigenvalue weighted by molar-refractivity contribution is 5.73. The van der Waals surface area contributed by atoms with Crippen LogP contribution < -0.4 is 4.74 Å². The van der Waals surface area contributed by atoms with Crippen molar-refractivity contribution in [3.8, 4) is 17.2 Å². The molecule has 0 saturated heterocycles. The molecule has 0 aliphatic rings.